The number of ether oxygens (including phenoxy) is 1. The number of epoxide rings is 1. The zero-order valence-corrected chi connectivity index (χ0v) is 29.2. The number of hydrogen-bond donors (Lipinski definition) is 3. The molecular weight excluding hydrogens is 560 g/mol. The van der Waals surface area contributed by atoms with Crippen LogP contribution >= 0.6 is 0 Å². The second-order valence-corrected chi connectivity index (χ2v) is 15.3. The van der Waals surface area contributed by atoms with Crippen molar-refractivity contribution in [2.45, 2.75) is 130 Å². The maximum atomic E-state index is 13.1. The first-order chi connectivity index (χ1) is 20.7. The maximum Gasteiger partial charge on any atom is 0.161 e. The number of aliphatic hydroxyl groups is 3. The van der Waals surface area contributed by atoms with Gasteiger partial charge in [-0.15, -0.1) is 5.73 Å². The first kappa shape index (κ1) is 36.7. The van der Waals surface area contributed by atoms with E-state index < -0.39 is 22.9 Å². The number of hydrogen-bond acceptors (Lipinski definition) is 5. The van der Waals surface area contributed by atoms with Crippen LogP contribution in [0.15, 0.2) is 100 Å². The number of aliphatic hydroxyl groups excluding tert-OH is 2. The number of rotatable bonds is 10. The molecule has 45 heavy (non-hydrogen) atoms. The highest BCUT2D eigenvalue weighted by Crippen LogP contribution is 2.67. The van der Waals surface area contributed by atoms with Gasteiger partial charge in [-0.2, -0.15) is 0 Å². The second-order valence-electron chi connectivity index (χ2n) is 15.3. The molecule has 3 fully saturated rings. The molecule has 5 atom stereocenters. The van der Waals surface area contributed by atoms with Crippen LogP contribution in [0.25, 0.3) is 0 Å². The second kappa shape index (κ2) is 13.9. The first-order valence-corrected chi connectivity index (χ1v) is 16.2. The minimum absolute atomic E-state index is 0.0863. The number of allylic oxidation sites excluding steroid dienone is 14. The summed E-state index contributed by atoms with van der Waals surface area (Å²) in [6.07, 6.45) is 23.4. The average Bonchev–Trinajstić information content (AvgIpc) is 3.49. The van der Waals surface area contributed by atoms with Gasteiger partial charge < -0.3 is 20.1 Å². The van der Waals surface area contributed by atoms with Gasteiger partial charge in [-0.25, -0.2) is 0 Å². The predicted molar refractivity (Wildman–Crippen MR) is 185 cm³/mol. The fourth-order valence-corrected chi connectivity index (χ4v) is 7.48. The molecule has 1 heterocycles. The molecule has 3 rings (SSSR count). The molecule has 0 radical (unpaired) electrons. The maximum absolute atomic E-state index is 13.1. The molecule has 246 valence electrons. The fraction of sp³-hybridized carbons (Fsp3) is 0.550. The Balaban J connectivity index is 1.53. The normalized spacial score (nSPS) is 33.9. The SMILES string of the molecule is C\C(C=C=C1C(C)(C)C[C@@H](O)C[C@@]1(C)O)=C/C=C/C(C)=C/C=C/C=C(C)/C=C/C=C(\C)C(=O)C[C@]12O[C@]1(C)C[C@@H](O)CC2(C)C. The summed E-state index contributed by atoms with van der Waals surface area (Å²) in [5.74, 6) is 0.0863. The van der Waals surface area contributed by atoms with Crippen molar-refractivity contribution < 1.29 is 24.9 Å². The average molecular weight is 617 g/mol. The third-order valence-corrected chi connectivity index (χ3v) is 9.82. The third-order valence-electron chi connectivity index (χ3n) is 9.82. The Bertz CT molecular complexity index is 1400. The summed E-state index contributed by atoms with van der Waals surface area (Å²) in [6.45, 7) is 20.0. The molecule has 0 aromatic carbocycles. The van der Waals surface area contributed by atoms with Crippen molar-refractivity contribution in [3.05, 3.63) is 100 Å². The Kier molecular flexibility index (Phi) is 11.3. The van der Waals surface area contributed by atoms with E-state index >= 15 is 0 Å². The summed E-state index contributed by atoms with van der Waals surface area (Å²) in [7, 11) is 0. The van der Waals surface area contributed by atoms with E-state index in [-0.39, 0.29) is 22.7 Å². The van der Waals surface area contributed by atoms with Crippen molar-refractivity contribution >= 4 is 5.78 Å². The van der Waals surface area contributed by atoms with Crippen LogP contribution in [0, 0.1) is 10.8 Å². The molecule has 0 aromatic rings. The molecule has 1 saturated heterocycles. The van der Waals surface area contributed by atoms with Crippen LogP contribution in [-0.4, -0.2) is 50.1 Å². The summed E-state index contributed by atoms with van der Waals surface area (Å²) in [5.41, 5.74) is 5.48. The molecule has 0 amide bonds. The Morgan fingerprint density at radius 3 is 1.87 bits per heavy atom. The van der Waals surface area contributed by atoms with Gasteiger partial charge in [-0.05, 0) is 82.4 Å². The molecular formula is C40H56O5. The zero-order valence-electron chi connectivity index (χ0n) is 29.2. The van der Waals surface area contributed by atoms with E-state index in [9.17, 15) is 20.1 Å². The number of Topliss-reactive ketones (excluding diaryl/α,β-unsaturated/α-hetero) is 1. The molecule has 2 saturated carbocycles. The van der Waals surface area contributed by atoms with Crippen molar-refractivity contribution in [3.63, 3.8) is 0 Å². The van der Waals surface area contributed by atoms with E-state index in [4.69, 9.17) is 4.74 Å². The lowest BCUT2D eigenvalue weighted by Crippen LogP contribution is -2.48. The van der Waals surface area contributed by atoms with Crippen molar-refractivity contribution in [1.82, 2.24) is 0 Å². The Hall–Kier alpha value is -2.79. The van der Waals surface area contributed by atoms with E-state index in [2.05, 4.69) is 19.6 Å². The molecule has 2 aliphatic carbocycles. The van der Waals surface area contributed by atoms with E-state index in [1.54, 1.807) is 6.92 Å². The van der Waals surface area contributed by atoms with E-state index in [0.29, 0.717) is 37.7 Å². The summed E-state index contributed by atoms with van der Waals surface area (Å²) >= 11 is 0. The van der Waals surface area contributed by atoms with Crippen LogP contribution in [0.4, 0.5) is 0 Å². The topological polar surface area (TPSA) is 90.3 Å². The fourth-order valence-electron chi connectivity index (χ4n) is 7.48. The van der Waals surface area contributed by atoms with Crippen LogP contribution in [0.2, 0.25) is 0 Å². The van der Waals surface area contributed by atoms with Gasteiger partial charge in [-0.3, -0.25) is 4.79 Å². The van der Waals surface area contributed by atoms with Crippen LogP contribution < -0.4 is 0 Å². The summed E-state index contributed by atoms with van der Waals surface area (Å²) in [4.78, 5) is 13.1. The number of ketones is 1. The molecule has 0 bridgehead atoms. The zero-order chi connectivity index (χ0) is 33.8. The monoisotopic (exact) mass is 616 g/mol. The Labute approximate surface area is 271 Å². The highest BCUT2D eigenvalue weighted by Gasteiger charge is 2.76. The third kappa shape index (κ3) is 8.93. The Morgan fingerprint density at radius 2 is 1.31 bits per heavy atom. The quantitative estimate of drug-likeness (QED) is 0.0998. The smallest absolute Gasteiger partial charge is 0.161 e. The van der Waals surface area contributed by atoms with Gasteiger partial charge >= 0.3 is 0 Å². The van der Waals surface area contributed by atoms with Crippen LogP contribution in [-0.2, 0) is 9.53 Å². The summed E-state index contributed by atoms with van der Waals surface area (Å²) < 4.78 is 6.18. The van der Waals surface area contributed by atoms with E-state index in [0.717, 1.165) is 22.3 Å². The molecule has 0 spiro atoms. The minimum atomic E-state index is -1.07. The van der Waals surface area contributed by atoms with Gasteiger partial charge in [0.15, 0.2) is 5.78 Å². The highest BCUT2D eigenvalue weighted by atomic mass is 16.6. The summed E-state index contributed by atoms with van der Waals surface area (Å²) in [6, 6.07) is 0. The van der Waals surface area contributed by atoms with Crippen molar-refractivity contribution in [1.29, 1.82) is 0 Å². The molecule has 0 aromatic heterocycles. The van der Waals surface area contributed by atoms with Crippen LogP contribution in [0.3, 0.4) is 0 Å². The number of carbonyl (C=O) groups is 1. The van der Waals surface area contributed by atoms with Gasteiger partial charge in [0.1, 0.15) is 5.60 Å². The van der Waals surface area contributed by atoms with Crippen molar-refractivity contribution in [2.75, 3.05) is 0 Å². The minimum Gasteiger partial charge on any atom is -0.393 e. The molecule has 5 nitrogen and oxygen atoms in total. The van der Waals surface area contributed by atoms with Crippen LogP contribution in [0.1, 0.15) is 101 Å². The molecule has 5 heteroatoms. The Morgan fingerprint density at radius 1 is 0.778 bits per heavy atom. The number of carbonyl (C=O) groups excluding carboxylic acids is 1. The molecule has 0 unspecified atom stereocenters. The molecule has 3 aliphatic rings. The van der Waals surface area contributed by atoms with Gasteiger partial charge in [0.2, 0.25) is 0 Å². The van der Waals surface area contributed by atoms with Gasteiger partial charge in [0.05, 0.1) is 23.4 Å². The first-order valence-electron chi connectivity index (χ1n) is 16.2. The standard InChI is InChI=1S/C40H56O5/c1-28(17-13-18-30(3)21-22-35-36(5,6)23-32(41)25-38(35,9)44)15-11-12-16-29(2)19-14-20-31(4)34(43)27-40-37(7,8)24-33(42)26-39(40,10)45-40/h11-21,32-33,41-42,44H,23-27H2,1-10H3/b12-11+,17-13+,19-14+,28-15+,29-16+,30-18+,31-20+/t22?,32-,33+,38-,39-,40-/m1/s1. The van der Waals surface area contributed by atoms with Gasteiger partial charge in [0, 0.05) is 24.8 Å². The molecule has 3 N–H and O–H groups in total. The van der Waals surface area contributed by atoms with Gasteiger partial charge in [0.25, 0.3) is 0 Å². The largest absolute Gasteiger partial charge is 0.393 e. The van der Waals surface area contributed by atoms with Crippen molar-refractivity contribution in [3.8, 4) is 0 Å². The highest BCUT2D eigenvalue weighted by molar-refractivity contribution is 5.96. The van der Waals surface area contributed by atoms with Crippen LogP contribution in [0.5, 0.6) is 0 Å². The summed E-state index contributed by atoms with van der Waals surface area (Å²) in [5, 5.41) is 31.2. The molecule has 1 aliphatic heterocycles. The van der Waals surface area contributed by atoms with E-state index in [1.165, 1.54) is 0 Å². The lowest BCUT2D eigenvalue weighted by Gasteiger charge is -2.43. The predicted octanol–water partition coefficient (Wildman–Crippen LogP) is 8.12. The lowest BCUT2D eigenvalue weighted by atomic mass is 9.61. The van der Waals surface area contributed by atoms with E-state index in [1.807, 2.05) is 115 Å². The van der Waals surface area contributed by atoms with Crippen molar-refractivity contribution in [2.24, 2.45) is 10.8 Å². The number of fused-ring (bicyclic) bond motifs is 1. The van der Waals surface area contributed by atoms with Gasteiger partial charge in [-0.1, -0.05) is 99.6 Å². The lowest BCUT2D eigenvalue weighted by molar-refractivity contribution is -0.118.